The smallest absolute Gasteiger partial charge is 0.338 e. The van der Waals surface area contributed by atoms with Gasteiger partial charge in [0.25, 0.3) is 5.56 Å². The highest BCUT2D eigenvalue weighted by Gasteiger charge is 2.36. The first kappa shape index (κ1) is 23.6. The normalized spacial score (nSPS) is 15.5. The molecule has 1 aromatic heterocycles. The Kier molecular flexibility index (Phi) is 6.20. The number of methoxy groups -OCH3 is 1. The van der Waals surface area contributed by atoms with E-state index in [1.54, 1.807) is 55.9 Å². The van der Waals surface area contributed by atoms with E-state index in [1.807, 2.05) is 36.4 Å². The highest BCUT2D eigenvalue weighted by molar-refractivity contribution is 7.07. The molecule has 0 radical (unpaired) electrons. The zero-order valence-corrected chi connectivity index (χ0v) is 20.8. The van der Waals surface area contributed by atoms with Crippen LogP contribution < -0.4 is 19.6 Å². The minimum absolute atomic E-state index is 0.107. The molecule has 0 fully saturated rings. The van der Waals surface area contributed by atoms with Gasteiger partial charge in [0.2, 0.25) is 0 Å². The summed E-state index contributed by atoms with van der Waals surface area (Å²) in [6, 6.07) is 17.4. The van der Waals surface area contributed by atoms with Crippen molar-refractivity contribution in [2.75, 3.05) is 13.7 Å². The largest absolute Gasteiger partial charge is 0.508 e. The van der Waals surface area contributed by atoms with Gasteiger partial charge in [-0.05, 0) is 54.5 Å². The van der Waals surface area contributed by atoms with E-state index in [4.69, 9.17) is 9.47 Å². The van der Waals surface area contributed by atoms with Crippen molar-refractivity contribution < 1.29 is 19.4 Å². The van der Waals surface area contributed by atoms with Crippen LogP contribution in [0.3, 0.4) is 0 Å². The molecule has 2 heterocycles. The van der Waals surface area contributed by atoms with Crippen molar-refractivity contribution in [1.29, 1.82) is 0 Å². The number of aromatic hydroxyl groups is 1. The van der Waals surface area contributed by atoms with Crippen molar-refractivity contribution in [1.82, 2.24) is 4.57 Å². The van der Waals surface area contributed by atoms with Crippen molar-refractivity contribution in [3.8, 4) is 11.5 Å². The fourth-order valence-corrected chi connectivity index (χ4v) is 5.61. The molecule has 0 saturated carbocycles. The second kappa shape index (κ2) is 9.47. The zero-order valence-electron chi connectivity index (χ0n) is 20.0. The van der Waals surface area contributed by atoms with E-state index < -0.39 is 12.0 Å². The number of phenolic OH excluding ortho intramolecular Hbond substituents is 1. The van der Waals surface area contributed by atoms with Crippen LogP contribution in [0, 0.1) is 0 Å². The average Bonchev–Trinajstić information content (AvgIpc) is 3.16. The van der Waals surface area contributed by atoms with Crippen molar-refractivity contribution in [2.24, 2.45) is 4.99 Å². The van der Waals surface area contributed by atoms with Gasteiger partial charge in [0.05, 0.1) is 29.5 Å². The predicted molar refractivity (Wildman–Crippen MR) is 139 cm³/mol. The Bertz CT molecular complexity index is 1710. The van der Waals surface area contributed by atoms with Crippen LogP contribution in [0.2, 0.25) is 0 Å². The molecule has 1 aliphatic heterocycles. The van der Waals surface area contributed by atoms with Crippen molar-refractivity contribution in [2.45, 2.75) is 19.9 Å². The fourth-order valence-electron chi connectivity index (χ4n) is 4.57. The molecule has 4 aromatic rings. The van der Waals surface area contributed by atoms with Gasteiger partial charge >= 0.3 is 5.97 Å². The number of benzene rings is 3. The summed E-state index contributed by atoms with van der Waals surface area (Å²) in [6.07, 6.45) is 1.71. The summed E-state index contributed by atoms with van der Waals surface area (Å²) in [7, 11) is 1.57. The Morgan fingerprint density at radius 2 is 1.97 bits per heavy atom. The van der Waals surface area contributed by atoms with Gasteiger partial charge in [0.15, 0.2) is 4.80 Å². The quantitative estimate of drug-likeness (QED) is 0.423. The molecule has 0 aliphatic carbocycles. The lowest BCUT2D eigenvalue weighted by atomic mass is 9.90. The number of thiazole rings is 1. The van der Waals surface area contributed by atoms with E-state index in [0.717, 1.165) is 10.8 Å². The van der Waals surface area contributed by atoms with Crippen LogP contribution >= 0.6 is 11.3 Å². The Balaban J connectivity index is 1.86. The summed E-state index contributed by atoms with van der Waals surface area (Å²) in [5.74, 6) is 0.133. The third-order valence-corrected chi connectivity index (χ3v) is 7.09. The number of aromatic nitrogens is 1. The summed E-state index contributed by atoms with van der Waals surface area (Å²) < 4.78 is 13.1. The maximum Gasteiger partial charge on any atom is 0.338 e. The van der Waals surface area contributed by atoms with Gasteiger partial charge < -0.3 is 14.6 Å². The second-order valence-electron chi connectivity index (χ2n) is 8.30. The standard InChI is InChI=1S/C28H24N2O5S/c1-4-35-27(33)23-16(2)29-28-30(26(32)22(36-28)15-17-8-7-10-19(31)14-17)25(23)24-20-11-6-5-9-18(20)12-13-21(24)34-3/h5-15,25,31H,4H2,1-3H3/b22-15+/t25-/m1/s1. The Morgan fingerprint density at radius 3 is 2.72 bits per heavy atom. The van der Waals surface area contributed by atoms with E-state index in [2.05, 4.69) is 4.99 Å². The summed E-state index contributed by atoms with van der Waals surface area (Å²) in [6.45, 7) is 3.69. The van der Waals surface area contributed by atoms with Crippen LogP contribution in [0.4, 0.5) is 0 Å². The molecule has 0 unspecified atom stereocenters. The van der Waals surface area contributed by atoms with Gasteiger partial charge in [-0.25, -0.2) is 9.79 Å². The lowest BCUT2D eigenvalue weighted by Crippen LogP contribution is -2.40. The number of phenols is 1. The third-order valence-electron chi connectivity index (χ3n) is 6.11. The maximum absolute atomic E-state index is 13.9. The number of allylic oxidation sites excluding steroid dienone is 1. The van der Waals surface area contributed by atoms with Crippen LogP contribution in [-0.2, 0) is 9.53 Å². The third kappa shape index (κ3) is 3.99. The first-order chi connectivity index (χ1) is 17.4. The monoisotopic (exact) mass is 500 g/mol. The van der Waals surface area contributed by atoms with Crippen LogP contribution in [0.25, 0.3) is 16.8 Å². The predicted octanol–water partition coefficient (Wildman–Crippen LogP) is 3.67. The summed E-state index contributed by atoms with van der Waals surface area (Å²) in [5, 5.41) is 11.7. The van der Waals surface area contributed by atoms with Crippen molar-refractivity contribution >= 4 is 34.2 Å². The number of carbonyl (C=O) groups excluding carboxylic acids is 1. The molecule has 182 valence electrons. The van der Waals surface area contributed by atoms with Gasteiger partial charge in [-0.3, -0.25) is 9.36 Å². The molecule has 1 atom stereocenters. The highest BCUT2D eigenvalue weighted by atomic mass is 32.1. The molecule has 8 heteroatoms. The van der Waals surface area contributed by atoms with E-state index in [-0.39, 0.29) is 17.9 Å². The molecule has 5 rings (SSSR count). The van der Waals surface area contributed by atoms with Crippen LogP contribution in [0.5, 0.6) is 11.5 Å². The Labute approximate surface area is 210 Å². The van der Waals surface area contributed by atoms with Crippen LogP contribution in [-0.4, -0.2) is 29.4 Å². The number of hydrogen-bond acceptors (Lipinski definition) is 7. The fraction of sp³-hybridized carbons (Fsp3) is 0.179. The van der Waals surface area contributed by atoms with E-state index >= 15 is 0 Å². The van der Waals surface area contributed by atoms with Crippen LogP contribution in [0.15, 0.2) is 81.7 Å². The second-order valence-corrected chi connectivity index (χ2v) is 9.31. The first-order valence-electron chi connectivity index (χ1n) is 11.5. The minimum Gasteiger partial charge on any atom is -0.508 e. The first-order valence-corrected chi connectivity index (χ1v) is 12.3. The minimum atomic E-state index is -0.798. The molecule has 0 bridgehead atoms. The number of fused-ring (bicyclic) bond motifs is 2. The number of ether oxygens (including phenoxy) is 2. The number of carbonyl (C=O) groups is 1. The molecule has 1 N–H and O–H groups in total. The van der Waals surface area contributed by atoms with Gasteiger partial charge in [-0.2, -0.15) is 0 Å². The molecule has 0 amide bonds. The van der Waals surface area contributed by atoms with Crippen molar-refractivity contribution in [3.05, 3.63) is 103 Å². The summed E-state index contributed by atoms with van der Waals surface area (Å²) in [4.78, 5) is 32.2. The van der Waals surface area contributed by atoms with E-state index in [1.165, 1.54) is 11.3 Å². The summed E-state index contributed by atoms with van der Waals surface area (Å²) >= 11 is 1.23. The molecule has 3 aromatic carbocycles. The Hall–Kier alpha value is -4.17. The zero-order chi connectivity index (χ0) is 25.4. The van der Waals surface area contributed by atoms with Gasteiger partial charge in [0.1, 0.15) is 17.5 Å². The van der Waals surface area contributed by atoms with Gasteiger partial charge in [-0.1, -0.05) is 53.8 Å². The molecule has 36 heavy (non-hydrogen) atoms. The molecular weight excluding hydrogens is 476 g/mol. The lowest BCUT2D eigenvalue weighted by molar-refractivity contribution is -0.139. The molecule has 0 spiro atoms. The van der Waals surface area contributed by atoms with Crippen molar-refractivity contribution in [3.63, 3.8) is 0 Å². The topological polar surface area (TPSA) is 90.1 Å². The maximum atomic E-state index is 13.9. The average molecular weight is 501 g/mol. The van der Waals surface area contributed by atoms with E-state index in [0.29, 0.717) is 37.5 Å². The van der Waals surface area contributed by atoms with E-state index in [9.17, 15) is 14.7 Å². The number of rotatable bonds is 5. The molecule has 7 nitrogen and oxygen atoms in total. The number of hydrogen-bond donors (Lipinski definition) is 1. The molecule has 1 aliphatic rings. The number of nitrogens with zero attached hydrogens (tertiary/aromatic N) is 2. The summed E-state index contributed by atoms with van der Waals surface area (Å²) in [5.41, 5.74) is 1.86. The SMILES string of the molecule is CCOC(=O)C1=C(C)N=c2s/c(=C/c3cccc(O)c3)c(=O)n2[C@H]1c1c(OC)ccc2ccccc12. The number of esters is 1. The van der Waals surface area contributed by atoms with Gasteiger partial charge in [0, 0.05) is 5.56 Å². The van der Waals surface area contributed by atoms with Crippen LogP contribution in [0.1, 0.15) is 31.0 Å². The highest BCUT2D eigenvalue weighted by Crippen LogP contribution is 2.40. The molecule has 0 saturated heterocycles. The van der Waals surface area contributed by atoms with Gasteiger partial charge in [-0.15, -0.1) is 0 Å². The Morgan fingerprint density at radius 1 is 1.17 bits per heavy atom. The molecular formula is C28H24N2O5S. The lowest BCUT2D eigenvalue weighted by Gasteiger charge is -2.27.